The van der Waals surface area contributed by atoms with Gasteiger partial charge in [0.05, 0.1) is 31.7 Å². The molecule has 0 saturated carbocycles. The predicted octanol–water partition coefficient (Wildman–Crippen LogP) is 3.87. The van der Waals surface area contributed by atoms with Gasteiger partial charge in [0, 0.05) is 5.69 Å². The molecule has 2 heterocycles. The van der Waals surface area contributed by atoms with Gasteiger partial charge >= 0.3 is 0 Å². The van der Waals surface area contributed by atoms with Crippen molar-refractivity contribution < 1.29 is 4.79 Å². The molecule has 3 N–H and O–H groups in total. The molecule has 0 bridgehead atoms. The fourth-order valence-electron chi connectivity index (χ4n) is 2.39. The summed E-state index contributed by atoms with van der Waals surface area (Å²) >= 11 is 19.1. The molecule has 1 aromatic carbocycles. The zero-order valence-corrected chi connectivity index (χ0v) is 18.2. The number of hydrogen-bond donors (Lipinski definition) is 2. The van der Waals surface area contributed by atoms with Crippen LogP contribution in [-0.2, 0) is 4.79 Å². The molecule has 28 heavy (non-hydrogen) atoms. The number of halogens is 3. The molecule has 1 amide bonds. The summed E-state index contributed by atoms with van der Waals surface area (Å²) in [6.45, 7) is 5.47. The van der Waals surface area contributed by atoms with Gasteiger partial charge in [-0.2, -0.15) is 5.10 Å². The highest BCUT2D eigenvalue weighted by atomic mass is 35.5. The third kappa shape index (κ3) is 4.22. The molecule has 8 nitrogen and oxygen atoms in total. The summed E-state index contributed by atoms with van der Waals surface area (Å²) in [7, 11) is 0. The molecule has 1 unspecified atom stereocenters. The number of carbonyl (C=O) groups excluding carboxylic acids is 1. The van der Waals surface area contributed by atoms with Gasteiger partial charge in [0.25, 0.3) is 5.95 Å². The van der Waals surface area contributed by atoms with E-state index in [-0.39, 0.29) is 16.0 Å². The van der Waals surface area contributed by atoms with Gasteiger partial charge in [0.2, 0.25) is 11.1 Å². The van der Waals surface area contributed by atoms with Crippen LogP contribution in [0.3, 0.4) is 0 Å². The van der Waals surface area contributed by atoms with Gasteiger partial charge in [0.1, 0.15) is 0 Å². The van der Waals surface area contributed by atoms with E-state index in [1.54, 1.807) is 11.6 Å². The molecule has 3 rings (SSSR count). The Balaban J connectivity index is 1.75. The number of nitrogens with two attached hydrogens (primary N) is 1. The molecule has 148 valence electrons. The second-order valence-corrected chi connectivity index (χ2v) is 8.52. The first-order valence-corrected chi connectivity index (χ1v) is 10.0. The number of nitrogens with one attached hydrogen (secondary N) is 1. The largest absolute Gasteiger partial charge is 0.334 e. The van der Waals surface area contributed by atoms with E-state index >= 15 is 0 Å². The Hall–Kier alpha value is -1.94. The standard InChI is InChI=1S/C16H16Cl3N7OS/c1-7-4-8(2)26(24-7)15-22-23-16(25(15)20)28-9(3)14(27)21-13-6-11(18)10(17)5-12(13)19/h4-6,9H,20H2,1-3H3,(H,21,27). The Kier molecular flexibility index (Phi) is 6.09. The minimum absolute atomic E-state index is 0.286. The van der Waals surface area contributed by atoms with E-state index in [1.807, 2.05) is 19.9 Å². The Labute approximate surface area is 180 Å². The van der Waals surface area contributed by atoms with Gasteiger partial charge in [-0.3, -0.25) is 4.79 Å². The average Bonchev–Trinajstić information content (AvgIpc) is 3.14. The topological polar surface area (TPSA) is 104 Å². The molecule has 3 aromatic rings. The van der Waals surface area contributed by atoms with Crippen molar-refractivity contribution >= 4 is 58.2 Å². The number of anilines is 1. The fraction of sp³-hybridized carbons (Fsp3) is 0.250. The number of aromatic nitrogens is 5. The minimum atomic E-state index is -0.537. The predicted molar refractivity (Wildman–Crippen MR) is 112 cm³/mol. The molecule has 0 saturated heterocycles. The van der Waals surface area contributed by atoms with Gasteiger partial charge < -0.3 is 11.2 Å². The molecule has 0 aliphatic carbocycles. The molecule has 12 heteroatoms. The van der Waals surface area contributed by atoms with Crippen molar-refractivity contribution in [2.45, 2.75) is 31.2 Å². The van der Waals surface area contributed by atoms with Crippen molar-refractivity contribution in [3.8, 4) is 5.95 Å². The summed E-state index contributed by atoms with van der Waals surface area (Å²) in [4.78, 5) is 12.5. The maximum absolute atomic E-state index is 12.5. The van der Waals surface area contributed by atoms with Crippen LogP contribution in [0.1, 0.15) is 18.3 Å². The minimum Gasteiger partial charge on any atom is -0.334 e. The number of amides is 1. The zero-order chi connectivity index (χ0) is 20.6. The first-order chi connectivity index (χ1) is 13.2. The van der Waals surface area contributed by atoms with Crippen LogP contribution in [0, 0.1) is 13.8 Å². The number of nitrogen functional groups attached to an aromatic ring is 1. The number of rotatable bonds is 5. The normalized spacial score (nSPS) is 12.2. The van der Waals surface area contributed by atoms with Crippen molar-refractivity contribution in [3.63, 3.8) is 0 Å². The molecule has 0 radical (unpaired) electrons. The van der Waals surface area contributed by atoms with Gasteiger partial charge in [0.15, 0.2) is 0 Å². The van der Waals surface area contributed by atoms with Gasteiger partial charge in [-0.15, -0.1) is 10.2 Å². The summed E-state index contributed by atoms with van der Waals surface area (Å²) < 4.78 is 2.88. The third-order valence-corrected chi connectivity index (χ3v) is 5.86. The van der Waals surface area contributed by atoms with Crippen molar-refractivity contribution in [1.29, 1.82) is 0 Å². The molecule has 0 fully saturated rings. The molecule has 0 aliphatic heterocycles. The number of carbonyl (C=O) groups is 1. The van der Waals surface area contributed by atoms with Crippen LogP contribution in [-0.4, -0.2) is 35.8 Å². The van der Waals surface area contributed by atoms with Crippen molar-refractivity contribution in [2.75, 3.05) is 11.2 Å². The summed E-state index contributed by atoms with van der Waals surface area (Å²) in [6.07, 6.45) is 0. The Bertz CT molecular complexity index is 1050. The molecule has 1 atom stereocenters. The van der Waals surface area contributed by atoms with Crippen LogP contribution < -0.4 is 11.2 Å². The summed E-state index contributed by atoms with van der Waals surface area (Å²) in [5.41, 5.74) is 2.07. The first kappa shape index (κ1) is 20.8. The second-order valence-electron chi connectivity index (χ2n) is 5.99. The Morgan fingerprint density at radius 3 is 2.46 bits per heavy atom. The summed E-state index contributed by atoms with van der Waals surface area (Å²) in [5, 5.41) is 15.9. The highest BCUT2D eigenvalue weighted by Crippen LogP contribution is 2.33. The second kappa shape index (κ2) is 8.20. The van der Waals surface area contributed by atoms with Gasteiger partial charge in [-0.1, -0.05) is 46.6 Å². The van der Waals surface area contributed by atoms with Gasteiger partial charge in [-0.25, -0.2) is 9.36 Å². The van der Waals surface area contributed by atoms with E-state index in [0.29, 0.717) is 21.8 Å². The molecule has 0 aliphatic rings. The molecular weight excluding hydrogens is 445 g/mol. The number of aryl methyl sites for hydroxylation is 2. The van der Waals surface area contributed by atoms with Crippen LogP contribution in [0.15, 0.2) is 23.4 Å². The van der Waals surface area contributed by atoms with Crippen LogP contribution in [0.2, 0.25) is 15.1 Å². The maximum atomic E-state index is 12.5. The lowest BCUT2D eigenvalue weighted by molar-refractivity contribution is -0.115. The van der Waals surface area contributed by atoms with Gasteiger partial charge in [-0.05, 0) is 39.0 Å². The highest BCUT2D eigenvalue weighted by molar-refractivity contribution is 8.00. The van der Waals surface area contributed by atoms with Crippen molar-refractivity contribution in [2.24, 2.45) is 0 Å². The monoisotopic (exact) mass is 459 g/mol. The lowest BCUT2D eigenvalue weighted by Crippen LogP contribution is -2.24. The number of thioether (sulfide) groups is 1. The number of benzene rings is 1. The number of hydrogen-bond acceptors (Lipinski definition) is 6. The highest BCUT2D eigenvalue weighted by Gasteiger charge is 2.22. The molecule has 2 aromatic heterocycles. The molecule has 0 spiro atoms. The van der Waals surface area contributed by atoms with E-state index in [4.69, 9.17) is 40.6 Å². The Morgan fingerprint density at radius 1 is 1.14 bits per heavy atom. The van der Waals surface area contributed by atoms with E-state index in [1.165, 1.54) is 16.8 Å². The van der Waals surface area contributed by atoms with E-state index < -0.39 is 5.25 Å². The average molecular weight is 461 g/mol. The lowest BCUT2D eigenvalue weighted by atomic mass is 10.3. The number of nitrogens with zero attached hydrogens (tertiary/aromatic N) is 5. The maximum Gasteiger partial charge on any atom is 0.271 e. The first-order valence-electron chi connectivity index (χ1n) is 8.03. The van der Waals surface area contributed by atoms with E-state index in [2.05, 4.69) is 20.6 Å². The Morgan fingerprint density at radius 2 is 1.82 bits per heavy atom. The van der Waals surface area contributed by atoms with Crippen molar-refractivity contribution in [1.82, 2.24) is 24.7 Å². The quantitative estimate of drug-likeness (QED) is 0.340. The zero-order valence-electron chi connectivity index (χ0n) is 15.1. The smallest absolute Gasteiger partial charge is 0.271 e. The SMILES string of the molecule is Cc1cc(C)n(-c2nnc(SC(C)C(=O)Nc3cc(Cl)c(Cl)cc3Cl)n2N)n1. The summed E-state index contributed by atoms with van der Waals surface area (Å²) in [5.74, 6) is 6.15. The van der Waals surface area contributed by atoms with Crippen LogP contribution in [0.25, 0.3) is 5.95 Å². The van der Waals surface area contributed by atoms with Crippen molar-refractivity contribution in [3.05, 3.63) is 44.7 Å². The fourth-order valence-corrected chi connectivity index (χ4v) is 3.75. The van der Waals surface area contributed by atoms with Crippen LogP contribution in [0.5, 0.6) is 0 Å². The lowest BCUT2D eigenvalue weighted by Gasteiger charge is -2.13. The van der Waals surface area contributed by atoms with E-state index in [0.717, 1.165) is 23.1 Å². The van der Waals surface area contributed by atoms with Crippen LogP contribution in [0.4, 0.5) is 5.69 Å². The van der Waals surface area contributed by atoms with Crippen LogP contribution >= 0.6 is 46.6 Å². The molecular formula is C16H16Cl3N7OS. The van der Waals surface area contributed by atoms with E-state index in [9.17, 15) is 4.79 Å². The summed E-state index contributed by atoms with van der Waals surface area (Å²) in [6, 6.07) is 4.86. The third-order valence-electron chi connectivity index (χ3n) is 3.76.